The first-order valence-electron chi connectivity index (χ1n) is 45.9. The Kier molecular flexibility index (Phi) is 42.7. The van der Waals surface area contributed by atoms with Gasteiger partial charge in [-0.05, 0) is 6.92 Å². The van der Waals surface area contributed by atoms with Crippen molar-refractivity contribution >= 4 is 41.4 Å². The number of hydrogen-bond donors (Lipinski definition) is 34. The van der Waals surface area contributed by atoms with Crippen molar-refractivity contribution in [1.29, 1.82) is 0 Å². The molecule has 23 unspecified atom stereocenters. The van der Waals surface area contributed by atoms with E-state index in [9.17, 15) is 171 Å². The van der Waals surface area contributed by atoms with Gasteiger partial charge in [-0.25, -0.2) is 0 Å². The van der Waals surface area contributed by atoms with Gasteiger partial charge in [0.1, 0.15) is 262 Å². The minimum atomic E-state index is -2.37. The quantitative estimate of drug-likeness (QED) is 0.0273. The highest BCUT2D eigenvalue weighted by Gasteiger charge is 2.63. The van der Waals surface area contributed by atoms with Crippen LogP contribution < -0.4 is 37.2 Å². The zero-order valence-corrected chi connectivity index (χ0v) is 78.0. The zero-order valence-electron chi connectivity index (χ0n) is 78.0. The number of hydrogen-bond acceptors (Lipinski definition) is 55. The van der Waals surface area contributed by atoms with Crippen LogP contribution in [0.3, 0.4) is 0 Å². The molecular weight excluding hydrogens is 1950 g/mol. The molecule has 824 valence electrons. The third-order valence-electron chi connectivity index (χ3n) is 26.1. The number of carbonyl (C=O) groups is 7. The van der Waals surface area contributed by atoms with Crippen molar-refractivity contribution in [3.8, 4) is 0 Å². The summed E-state index contributed by atoms with van der Waals surface area (Å²) in [5, 5.41) is 321. The van der Waals surface area contributed by atoms with Crippen LogP contribution in [0, 0.1) is 0 Å². The summed E-state index contributed by atoms with van der Waals surface area (Å²) in [4.78, 5) is 89.8. The molecule has 11 fully saturated rings. The van der Waals surface area contributed by atoms with Crippen LogP contribution in [0.1, 0.15) is 55.4 Å². The molecule has 0 radical (unpaired) electrons. The van der Waals surface area contributed by atoms with Gasteiger partial charge in [0.2, 0.25) is 41.4 Å². The lowest BCUT2D eigenvalue weighted by molar-refractivity contribution is -0.384. The third kappa shape index (κ3) is 26.8. The summed E-state index contributed by atoms with van der Waals surface area (Å²) >= 11 is 0. The SMILES string of the molecule is CC(=O)NC1[C@H](O[C@@H]2C(O)[C@H](O[C@@H]3C(CO)O[C@@H](O[C@@H]4C(O)[C@H](O[C@@H]5C(CO)O[C@@H](OCC6OC(C)C(NC(C)=O)[C@@H](O[C@@H]7OC(CO)[C@@H](O[C@@H]8OC(CO)[C@H](O)[C@H](O[C@@H]9OC(CO)[C@@H](O[C@@H]%10OC(CO)[C@H](O)[C@H](O[C@@H]%11OC(CO)[C@@H](O)[C@H](O)C%11NC(C)=O)C%10O)[C@H](O)C9NC(C)=O)C8O)[C@H](O)C7NC(C)=O)[C@H]6O)C(NC(C)=O)[C@H]5O)OC(CO)[C@@H]4O)C(NC(C)=O)[C@H]3O)OC(CO)[C@@H]2O)OC(CO)[C@@H](O)[C@@H]1O. The number of amides is 7. The summed E-state index contributed by atoms with van der Waals surface area (Å²) in [6.45, 7) is -3.34. The van der Waals surface area contributed by atoms with E-state index in [-0.39, 0.29) is 0 Å². The zero-order chi connectivity index (χ0) is 105. The average molecular weight is 2090 g/mol. The summed E-state index contributed by atoms with van der Waals surface area (Å²) in [5.41, 5.74) is 0. The lowest BCUT2D eigenvalue weighted by atomic mass is 9.92. The summed E-state index contributed by atoms with van der Waals surface area (Å²) in [6, 6.07) is -12.3. The average Bonchev–Trinajstić information content (AvgIpc) is 0.763. The molecule has 0 spiro atoms. The van der Waals surface area contributed by atoms with Crippen molar-refractivity contribution in [3.05, 3.63) is 0 Å². The standard InChI is InChI=1S/C81H135N7O55/c1-20-39(82-21(2)99)67(139-75-43(86-25(6)103)56(116)64(35(16-96)132-75)136-81-62(122)71(51(111)33(14-94)130-81)143-77-45(88-27(8)105)58(118)66(37(18-98)134-77)138-80-60(120)69(49(109)31(12-92)129-80)141-74-41(84-23(4)101)54(114)47(107)29(10-90)126-74)52(112)38(124-20)19-123-72-42(85-24(5)102)55(115)63(34(15-95)131-72)135-78-61(121)70(50(110)32(13-93)127-78)142-76-44(87-26(7)104)57(117)65(36(17-97)133-76)137-79-59(119)68(48(108)30(11-91)128-79)140-73-40(83-22(3)100)53(113)46(106)28(9-89)125-73/h20,28-81,89-98,106-122H,9-19H2,1-8H3,(H,82,99)(H,83,100)(H,84,101)(H,85,102)(H,86,103)(H,87,104)(H,88,105)/t20?,28?,29?,30?,31?,32?,33?,34?,35?,36?,37?,38?,39?,40?,41?,42?,43?,44?,45?,46-,47-,48+,49+,50+,51+,52+,53-,54-,55-,56-,57-,58-,59?,60?,61?,62?,63-,64-,65-,66-,67-,68+,69+,70+,71+,72-,73+,74+,75+,76+,77+,78+,79+,80+,81+/m1/s1. The maximum absolute atomic E-state index is 13.2. The van der Waals surface area contributed by atoms with E-state index in [0.717, 1.165) is 48.5 Å². The molecule has 62 heteroatoms. The van der Waals surface area contributed by atoms with E-state index in [2.05, 4.69) is 37.2 Å². The molecule has 7 amide bonds. The van der Waals surface area contributed by atoms with Crippen molar-refractivity contribution < 1.29 is 271 Å². The van der Waals surface area contributed by atoms with E-state index in [1.54, 1.807) is 0 Å². The summed E-state index contributed by atoms with van der Waals surface area (Å²) in [6.07, 6.45) is -95.2. The maximum Gasteiger partial charge on any atom is 0.217 e. The Hall–Kier alpha value is -5.63. The van der Waals surface area contributed by atoms with Crippen LogP contribution in [0.2, 0.25) is 0 Å². The minimum absolute atomic E-state index is 0.769. The topological polar surface area (TPSA) is 944 Å². The molecule has 0 bridgehead atoms. The van der Waals surface area contributed by atoms with Crippen molar-refractivity contribution in [3.63, 3.8) is 0 Å². The van der Waals surface area contributed by atoms with Gasteiger partial charge in [0.15, 0.2) is 62.9 Å². The molecule has 11 aliphatic rings. The van der Waals surface area contributed by atoms with Gasteiger partial charge in [0.05, 0.1) is 84.8 Å². The van der Waals surface area contributed by atoms with Gasteiger partial charge in [-0.2, -0.15) is 0 Å². The lowest BCUT2D eigenvalue weighted by Gasteiger charge is -2.51. The largest absolute Gasteiger partial charge is 0.394 e. The van der Waals surface area contributed by atoms with Gasteiger partial charge in [-0.1, -0.05) is 0 Å². The van der Waals surface area contributed by atoms with E-state index >= 15 is 0 Å². The normalized spacial score (nSPS) is 47.3. The van der Waals surface area contributed by atoms with Crippen LogP contribution in [-0.4, -0.2) is 589 Å². The van der Waals surface area contributed by atoms with Crippen molar-refractivity contribution in [1.82, 2.24) is 37.2 Å². The van der Waals surface area contributed by atoms with Gasteiger partial charge >= 0.3 is 0 Å². The lowest BCUT2D eigenvalue weighted by Crippen LogP contribution is -2.71. The predicted molar refractivity (Wildman–Crippen MR) is 447 cm³/mol. The molecule has 11 heterocycles. The van der Waals surface area contributed by atoms with E-state index in [1.165, 1.54) is 6.92 Å². The van der Waals surface area contributed by atoms with Crippen LogP contribution in [0.4, 0.5) is 0 Å². The van der Waals surface area contributed by atoms with Gasteiger partial charge in [-0.15, -0.1) is 0 Å². The number of nitrogens with one attached hydrogen (secondary N) is 7. The van der Waals surface area contributed by atoms with Crippen LogP contribution in [0.5, 0.6) is 0 Å². The molecule has 0 aliphatic carbocycles. The Balaban J connectivity index is 0.759. The fourth-order valence-corrected chi connectivity index (χ4v) is 18.9. The van der Waals surface area contributed by atoms with Crippen LogP contribution in [0.25, 0.3) is 0 Å². The molecule has 11 saturated heterocycles. The van der Waals surface area contributed by atoms with E-state index in [1.807, 2.05) is 0 Å². The van der Waals surface area contributed by atoms with Crippen LogP contribution >= 0.6 is 0 Å². The summed E-state index contributed by atoms with van der Waals surface area (Å²) < 4.78 is 125. The Bertz CT molecular complexity index is 4050. The van der Waals surface area contributed by atoms with Crippen molar-refractivity contribution in [2.45, 2.75) is 393 Å². The molecule has 0 aromatic rings. The highest BCUT2D eigenvalue weighted by molar-refractivity contribution is 5.75. The number of aliphatic hydroxyl groups is 27. The number of rotatable bonds is 38. The number of ether oxygens (including phenoxy) is 21. The smallest absolute Gasteiger partial charge is 0.217 e. The first kappa shape index (κ1) is 118. The fraction of sp³-hybridized carbons (Fsp3) is 0.914. The molecule has 34 N–H and O–H groups in total. The van der Waals surface area contributed by atoms with Gasteiger partial charge in [0, 0.05) is 48.5 Å². The molecule has 143 heavy (non-hydrogen) atoms. The monoisotopic (exact) mass is 2090 g/mol. The van der Waals surface area contributed by atoms with Gasteiger partial charge < -0.3 is 275 Å². The van der Waals surface area contributed by atoms with Gasteiger partial charge in [0.25, 0.3) is 0 Å². The number of aliphatic hydroxyl groups excluding tert-OH is 27. The van der Waals surface area contributed by atoms with E-state index < -0.39 is 451 Å². The van der Waals surface area contributed by atoms with Crippen molar-refractivity contribution in [2.24, 2.45) is 0 Å². The van der Waals surface area contributed by atoms with E-state index in [0.29, 0.717) is 0 Å². The Morgan fingerprint density at radius 3 is 0.594 bits per heavy atom. The Labute approximate surface area is 812 Å². The molecule has 0 aromatic heterocycles. The molecule has 62 nitrogen and oxygen atoms in total. The molecule has 11 aliphatic heterocycles. The maximum atomic E-state index is 13.2. The first-order chi connectivity index (χ1) is 67.7. The van der Waals surface area contributed by atoms with Gasteiger partial charge in [-0.3, -0.25) is 33.6 Å². The molecule has 55 atom stereocenters. The highest BCUT2D eigenvalue weighted by atomic mass is 16.8. The Morgan fingerprint density at radius 2 is 0.364 bits per heavy atom. The van der Waals surface area contributed by atoms with Crippen LogP contribution in [0.15, 0.2) is 0 Å². The number of carbonyl (C=O) groups excluding carboxylic acids is 7. The molecular formula is C81H135N7O55. The van der Waals surface area contributed by atoms with E-state index in [4.69, 9.17) is 99.5 Å². The van der Waals surface area contributed by atoms with Crippen molar-refractivity contribution in [2.75, 3.05) is 72.7 Å². The fourth-order valence-electron chi connectivity index (χ4n) is 18.9. The Morgan fingerprint density at radius 1 is 0.189 bits per heavy atom. The second-order valence-electron chi connectivity index (χ2n) is 36.3. The van der Waals surface area contributed by atoms with Crippen LogP contribution in [-0.2, 0) is 133 Å². The molecule has 0 aromatic carbocycles. The summed E-state index contributed by atoms with van der Waals surface area (Å²) in [7, 11) is 0. The molecule has 11 rings (SSSR count). The third-order valence-corrected chi connectivity index (χ3v) is 26.1. The second kappa shape index (κ2) is 51.9. The predicted octanol–water partition coefficient (Wildman–Crippen LogP) is -22.9. The second-order valence-corrected chi connectivity index (χ2v) is 36.3. The minimum Gasteiger partial charge on any atom is -0.394 e. The molecule has 0 saturated carbocycles. The summed E-state index contributed by atoms with van der Waals surface area (Å²) in [5.74, 6) is -6.06. The highest BCUT2D eigenvalue weighted by Crippen LogP contribution is 2.42. The first-order valence-corrected chi connectivity index (χ1v) is 45.9.